The molecule has 104 valence electrons. The third-order valence-electron chi connectivity index (χ3n) is 2.87. The quantitative estimate of drug-likeness (QED) is 0.884. The van der Waals surface area contributed by atoms with E-state index in [0.717, 1.165) is 21.3 Å². The van der Waals surface area contributed by atoms with Gasteiger partial charge in [-0.25, -0.2) is 0 Å². The van der Waals surface area contributed by atoms with E-state index in [1.165, 1.54) is 0 Å². The molecule has 0 saturated carbocycles. The third kappa shape index (κ3) is 4.35. The van der Waals surface area contributed by atoms with Crippen molar-refractivity contribution in [3.63, 3.8) is 0 Å². The fourth-order valence-electron chi connectivity index (χ4n) is 1.76. The van der Waals surface area contributed by atoms with E-state index in [-0.39, 0.29) is 12.5 Å². The van der Waals surface area contributed by atoms with Gasteiger partial charge >= 0.3 is 0 Å². The van der Waals surface area contributed by atoms with Gasteiger partial charge in [0.15, 0.2) is 0 Å². The number of nitrogens with one attached hydrogen (secondary N) is 2. The molecule has 1 aromatic heterocycles. The van der Waals surface area contributed by atoms with Crippen molar-refractivity contribution in [1.29, 1.82) is 0 Å². The van der Waals surface area contributed by atoms with Gasteiger partial charge in [-0.05, 0) is 48.4 Å². The topological polar surface area (TPSA) is 54.0 Å². The Morgan fingerprint density at radius 1 is 1.25 bits per heavy atom. The number of aryl methyl sites for hydroxylation is 1. The summed E-state index contributed by atoms with van der Waals surface area (Å²) < 4.78 is 1.03. The average molecular weight is 334 g/mol. The van der Waals surface area contributed by atoms with Crippen molar-refractivity contribution >= 4 is 27.5 Å². The number of rotatable bonds is 5. The molecule has 0 aliphatic carbocycles. The van der Waals surface area contributed by atoms with Crippen LogP contribution in [0.3, 0.4) is 0 Å². The SMILES string of the molecule is Cc1cc(Br)ccc1NCC(=O)NCc1ccncc1. The predicted molar refractivity (Wildman–Crippen MR) is 83.5 cm³/mol. The lowest BCUT2D eigenvalue weighted by Gasteiger charge is -2.10. The van der Waals surface area contributed by atoms with Gasteiger partial charge in [0.25, 0.3) is 0 Å². The van der Waals surface area contributed by atoms with Gasteiger partial charge in [0.1, 0.15) is 0 Å². The summed E-state index contributed by atoms with van der Waals surface area (Å²) >= 11 is 3.41. The second-order valence-corrected chi connectivity index (χ2v) is 5.36. The lowest BCUT2D eigenvalue weighted by Crippen LogP contribution is -2.29. The number of carbonyl (C=O) groups is 1. The van der Waals surface area contributed by atoms with E-state index in [2.05, 4.69) is 31.5 Å². The Morgan fingerprint density at radius 2 is 2.00 bits per heavy atom. The van der Waals surface area contributed by atoms with Crippen molar-refractivity contribution < 1.29 is 4.79 Å². The lowest BCUT2D eigenvalue weighted by atomic mass is 10.2. The molecule has 5 heteroatoms. The minimum Gasteiger partial charge on any atom is -0.376 e. The van der Waals surface area contributed by atoms with Crippen LogP contribution < -0.4 is 10.6 Å². The number of amides is 1. The van der Waals surface area contributed by atoms with Crippen LogP contribution in [0.4, 0.5) is 5.69 Å². The highest BCUT2D eigenvalue weighted by Gasteiger charge is 2.03. The van der Waals surface area contributed by atoms with Crippen molar-refractivity contribution in [2.75, 3.05) is 11.9 Å². The van der Waals surface area contributed by atoms with E-state index in [1.54, 1.807) is 12.4 Å². The monoisotopic (exact) mass is 333 g/mol. The zero-order valence-corrected chi connectivity index (χ0v) is 12.8. The fraction of sp³-hybridized carbons (Fsp3) is 0.200. The van der Waals surface area contributed by atoms with Crippen LogP contribution in [0.1, 0.15) is 11.1 Å². The molecule has 0 fully saturated rings. The van der Waals surface area contributed by atoms with Gasteiger partial charge in [0, 0.05) is 29.1 Å². The molecule has 2 aromatic rings. The molecule has 0 radical (unpaired) electrons. The van der Waals surface area contributed by atoms with Crippen LogP contribution in [0, 0.1) is 6.92 Å². The first-order chi connectivity index (χ1) is 9.65. The largest absolute Gasteiger partial charge is 0.376 e. The number of hydrogen-bond donors (Lipinski definition) is 2. The highest BCUT2D eigenvalue weighted by molar-refractivity contribution is 9.10. The Kier molecular flexibility index (Phi) is 5.12. The molecule has 0 spiro atoms. The minimum absolute atomic E-state index is 0.0378. The van der Waals surface area contributed by atoms with E-state index in [4.69, 9.17) is 0 Å². The number of carbonyl (C=O) groups excluding carboxylic acids is 1. The van der Waals surface area contributed by atoms with Crippen LogP contribution in [-0.4, -0.2) is 17.4 Å². The zero-order chi connectivity index (χ0) is 14.4. The van der Waals surface area contributed by atoms with Gasteiger partial charge in [-0.1, -0.05) is 15.9 Å². The highest BCUT2D eigenvalue weighted by atomic mass is 79.9. The Morgan fingerprint density at radius 3 is 2.70 bits per heavy atom. The summed E-state index contributed by atoms with van der Waals surface area (Å²) in [4.78, 5) is 15.7. The van der Waals surface area contributed by atoms with Crippen molar-refractivity contribution in [3.8, 4) is 0 Å². The second-order valence-electron chi connectivity index (χ2n) is 4.44. The maximum Gasteiger partial charge on any atom is 0.239 e. The predicted octanol–water partition coefficient (Wildman–Crippen LogP) is 2.88. The molecule has 0 bridgehead atoms. The van der Waals surface area contributed by atoms with Gasteiger partial charge < -0.3 is 10.6 Å². The first-order valence-corrected chi connectivity index (χ1v) is 7.10. The number of pyridine rings is 1. The Bertz CT molecular complexity index is 587. The van der Waals surface area contributed by atoms with E-state index >= 15 is 0 Å². The van der Waals surface area contributed by atoms with Crippen LogP contribution in [0.5, 0.6) is 0 Å². The number of nitrogens with zero attached hydrogens (tertiary/aromatic N) is 1. The van der Waals surface area contributed by atoms with Crippen molar-refractivity contribution in [2.45, 2.75) is 13.5 Å². The van der Waals surface area contributed by atoms with E-state index in [9.17, 15) is 4.79 Å². The molecule has 1 amide bonds. The fourth-order valence-corrected chi connectivity index (χ4v) is 2.24. The average Bonchev–Trinajstić information content (AvgIpc) is 2.45. The number of benzene rings is 1. The molecular weight excluding hydrogens is 318 g/mol. The summed E-state index contributed by atoms with van der Waals surface area (Å²) in [6.45, 7) is 2.78. The van der Waals surface area contributed by atoms with Crippen LogP contribution in [0.25, 0.3) is 0 Å². The number of anilines is 1. The standard InChI is InChI=1S/C15H16BrN3O/c1-11-8-13(16)2-3-14(11)18-10-15(20)19-9-12-4-6-17-7-5-12/h2-8,18H,9-10H2,1H3,(H,19,20). The number of hydrogen-bond acceptors (Lipinski definition) is 3. The molecular formula is C15H16BrN3O. The minimum atomic E-state index is -0.0378. The summed E-state index contributed by atoms with van der Waals surface area (Å²) in [5.41, 5.74) is 3.10. The number of aromatic nitrogens is 1. The van der Waals surface area contributed by atoms with Gasteiger partial charge in [0.05, 0.1) is 6.54 Å². The molecule has 0 atom stereocenters. The Balaban J connectivity index is 1.80. The lowest BCUT2D eigenvalue weighted by molar-refractivity contribution is -0.119. The van der Waals surface area contributed by atoms with E-state index in [1.807, 2.05) is 37.3 Å². The molecule has 0 unspecified atom stereocenters. The molecule has 1 aromatic carbocycles. The normalized spacial score (nSPS) is 10.1. The van der Waals surface area contributed by atoms with Crippen molar-refractivity contribution in [1.82, 2.24) is 10.3 Å². The van der Waals surface area contributed by atoms with Crippen LogP contribution >= 0.6 is 15.9 Å². The summed E-state index contributed by atoms with van der Waals surface area (Å²) in [7, 11) is 0. The molecule has 0 saturated heterocycles. The highest BCUT2D eigenvalue weighted by Crippen LogP contribution is 2.19. The third-order valence-corrected chi connectivity index (χ3v) is 3.36. The summed E-state index contributed by atoms with van der Waals surface area (Å²) in [5.74, 6) is -0.0378. The number of halogens is 1. The molecule has 0 aliphatic heterocycles. The van der Waals surface area contributed by atoms with Gasteiger partial charge in [-0.15, -0.1) is 0 Å². The molecule has 2 N–H and O–H groups in total. The summed E-state index contributed by atoms with van der Waals surface area (Å²) in [5, 5.41) is 5.99. The molecule has 4 nitrogen and oxygen atoms in total. The van der Waals surface area contributed by atoms with Gasteiger partial charge in [-0.3, -0.25) is 9.78 Å². The van der Waals surface area contributed by atoms with Crippen molar-refractivity contribution in [3.05, 3.63) is 58.3 Å². The smallest absolute Gasteiger partial charge is 0.239 e. The molecule has 0 aliphatic rings. The first kappa shape index (κ1) is 14.5. The van der Waals surface area contributed by atoms with E-state index in [0.29, 0.717) is 6.54 Å². The Hall–Kier alpha value is -1.88. The van der Waals surface area contributed by atoms with Crippen LogP contribution in [0.2, 0.25) is 0 Å². The van der Waals surface area contributed by atoms with E-state index < -0.39 is 0 Å². The zero-order valence-electron chi connectivity index (χ0n) is 11.2. The molecule has 1 heterocycles. The molecule has 2 rings (SSSR count). The van der Waals surface area contributed by atoms with Gasteiger partial charge in [-0.2, -0.15) is 0 Å². The Labute approximate surface area is 126 Å². The second kappa shape index (κ2) is 7.05. The maximum absolute atomic E-state index is 11.8. The molecule has 20 heavy (non-hydrogen) atoms. The maximum atomic E-state index is 11.8. The van der Waals surface area contributed by atoms with Gasteiger partial charge in [0.2, 0.25) is 5.91 Å². The summed E-state index contributed by atoms with van der Waals surface area (Å²) in [6, 6.07) is 9.68. The first-order valence-electron chi connectivity index (χ1n) is 6.31. The van der Waals surface area contributed by atoms with Crippen LogP contribution in [-0.2, 0) is 11.3 Å². The van der Waals surface area contributed by atoms with Crippen molar-refractivity contribution in [2.24, 2.45) is 0 Å². The van der Waals surface area contributed by atoms with Crippen LogP contribution in [0.15, 0.2) is 47.2 Å². The summed E-state index contributed by atoms with van der Waals surface area (Å²) in [6.07, 6.45) is 3.43.